The number of aromatic nitrogens is 4. The summed E-state index contributed by atoms with van der Waals surface area (Å²) in [4.78, 5) is 2.11. The maximum absolute atomic E-state index is 6.30. The van der Waals surface area contributed by atoms with Gasteiger partial charge < -0.3 is 10.6 Å². The second-order valence-corrected chi connectivity index (χ2v) is 5.41. The Hall–Kier alpha value is -1.31. The van der Waals surface area contributed by atoms with Crippen LogP contribution in [-0.2, 0) is 6.54 Å². The van der Waals surface area contributed by atoms with Gasteiger partial charge in [-0.15, -0.1) is 0 Å². The fraction of sp³-hybridized carbons (Fsp3) is 0.417. The molecule has 2 aromatic rings. The van der Waals surface area contributed by atoms with Crippen LogP contribution in [0.5, 0.6) is 0 Å². The van der Waals surface area contributed by atoms with Crippen molar-refractivity contribution in [3.63, 3.8) is 0 Å². The smallest absolute Gasteiger partial charge is 0.0751 e. The summed E-state index contributed by atoms with van der Waals surface area (Å²) in [5.74, 6) is 0. The average Bonchev–Trinajstić information content (AvgIpc) is 2.78. The lowest BCUT2D eigenvalue weighted by atomic mass is 10.1. The Bertz CT molecular complexity index is 524. The Balaban J connectivity index is 2.26. The maximum Gasteiger partial charge on any atom is 0.0751 e. The van der Waals surface area contributed by atoms with Crippen molar-refractivity contribution >= 4 is 15.9 Å². The van der Waals surface area contributed by atoms with Crippen molar-refractivity contribution in [1.29, 1.82) is 0 Å². The number of rotatable bonds is 5. The first-order valence-electron chi connectivity index (χ1n) is 5.97. The second kappa shape index (κ2) is 6.23. The van der Waals surface area contributed by atoms with Crippen LogP contribution in [0.4, 0.5) is 0 Å². The highest BCUT2D eigenvalue weighted by Crippen LogP contribution is 2.26. The monoisotopic (exact) mass is 324 g/mol. The Morgan fingerprint density at radius 2 is 2.16 bits per heavy atom. The molecule has 0 radical (unpaired) electrons. The summed E-state index contributed by atoms with van der Waals surface area (Å²) >= 11 is 3.51. The maximum atomic E-state index is 6.30. The van der Waals surface area contributed by atoms with E-state index < -0.39 is 0 Å². The zero-order chi connectivity index (χ0) is 13.8. The van der Waals surface area contributed by atoms with Crippen molar-refractivity contribution in [2.24, 2.45) is 5.73 Å². The molecule has 1 atom stereocenters. The topological polar surface area (TPSA) is 72.9 Å². The van der Waals surface area contributed by atoms with Crippen molar-refractivity contribution in [1.82, 2.24) is 24.9 Å². The number of hydrogen-bond acceptors (Lipinski definition) is 5. The predicted octanol–water partition coefficient (Wildman–Crippen LogP) is 1.05. The van der Waals surface area contributed by atoms with Crippen LogP contribution < -0.4 is 5.73 Å². The van der Waals surface area contributed by atoms with E-state index in [9.17, 15) is 0 Å². The van der Waals surface area contributed by atoms with E-state index in [1.54, 1.807) is 18.6 Å². The van der Waals surface area contributed by atoms with Gasteiger partial charge in [-0.2, -0.15) is 15.3 Å². The van der Waals surface area contributed by atoms with Gasteiger partial charge in [0.05, 0.1) is 35.1 Å². The normalized spacial score (nSPS) is 12.9. The van der Waals surface area contributed by atoms with Crippen LogP contribution in [0.2, 0.25) is 0 Å². The van der Waals surface area contributed by atoms with Gasteiger partial charge in [-0.05, 0) is 41.7 Å². The molecular formula is C12H17BrN6. The quantitative estimate of drug-likeness (QED) is 0.889. The first kappa shape index (κ1) is 14.1. The van der Waals surface area contributed by atoms with E-state index in [-0.39, 0.29) is 6.04 Å². The molecule has 0 aliphatic heterocycles. The van der Waals surface area contributed by atoms with Gasteiger partial charge in [0.25, 0.3) is 0 Å². The van der Waals surface area contributed by atoms with E-state index in [1.165, 1.54) is 0 Å². The number of likely N-dealkylation sites (N-methyl/N-ethyl adjacent to an activating group) is 1. The molecule has 2 aromatic heterocycles. The fourth-order valence-electron chi connectivity index (χ4n) is 1.80. The summed E-state index contributed by atoms with van der Waals surface area (Å²) in [7, 11) is 4.07. The van der Waals surface area contributed by atoms with Crippen LogP contribution in [0.1, 0.15) is 17.3 Å². The van der Waals surface area contributed by atoms with Gasteiger partial charge in [-0.3, -0.25) is 4.68 Å². The molecule has 7 heteroatoms. The van der Waals surface area contributed by atoms with E-state index in [0.717, 1.165) is 28.8 Å². The largest absolute Gasteiger partial charge is 0.319 e. The summed E-state index contributed by atoms with van der Waals surface area (Å²) in [6, 6.07) is 1.60. The van der Waals surface area contributed by atoms with Crippen LogP contribution in [0.15, 0.2) is 29.1 Å². The zero-order valence-corrected chi connectivity index (χ0v) is 12.6. The lowest BCUT2D eigenvalue weighted by molar-refractivity contribution is 0.368. The van der Waals surface area contributed by atoms with Crippen molar-refractivity contribution < 1.29 is 0 Å². The Kier molecular flexibility index (Phi) is 4.62. The third-order valence-electron chi connectivity index (χ3n) is 2.85. The highest BCUT2D eigenvalue weighted by molar-refractivity contribution is 9.10. The van der Waals surface area contributed by atoms with Crippen molar-refractivity contribution in [3.05, 3.63) is 40.4 Å². The Labute approximate surface area is 120 Å². The molecule has 0 aliphatic rings. The molecule has 2 N–H and O–H groups in total. The Morgan fingerprint density at radius 3 is 2.79 bits per heavy atom. The van der Waals surface area contributed by atoms with Gasteiger partial charge in [-0.25, -0.2) is 0 Å². The molecule has 0 saturated heterocycles. The molecule has 2 heterocycles. The molecule has 0 spiro atoms. The van der Waals surface area contributed by atoms with E-state index in [0.29, 0.717) is 0 Å². The molecule has 0 bridgehead atoms. The van der Waals surface area contributed by atoms with Gasteiger partial charge >= 0.3 is 0 Å². The molecular weight excluding hydrogens is 308 g/mol. The number of nitrogens with zero attached hydrogens (tertiary/aromatic N) is 5. The van der Waals surface area contributed by atoms with Crippen LogP contribution in [0.25, 0.3) is 0 Å². The lowest BCUT2D eigenvalue weighted by Crippen LogP contribution is -2.23. The van der Waals surface area contributed by atoms with E-state index in [1.807, 2.05) is 24.8 Å². The minimum atomic E-state index is -0.269. The summed E-state index contributed by atoms with van der Waals surface area (Å²) in [6.07, 6.45) is 5.10. The van der Waals surface area contributed by atoms with E-state index in [2.05, 4.69) is 36.1 Å². The highest BCUT2D eigenvalue weighted by Gasteiger charge is 2.18. The molecule has 102 valence electrons. The predicted molar refractivity (Wildman–Crippen MR) is 76.5 cm³/mol. The number of hydrogen-bond donors (Lipinski definition) is 1. The van der Waals surface area contributed by atoms with Gasteiger partial charge in [-0.1, -0.05) is 0 Å². The van der Waals surface area contributed by atoms with Crippen molar-refractivity contribution in [2.75, 3.05) is 20.6 Å². The van der Waals surface area contributed by atoms with Crippen LogP contribution in [-0.4, -0.2) is 45.5 Å². The summed E-state index contributed by atoms with van der Waals surface area (Å²) in [6.45, 7) is 1.70. The Morgan fingerprint density at radius 1 is 1.37 bits per heavy atom. The summed E-state index contributed by atoms with van der Waals surface area (Å²) in [5, 5.41) is 12.0. The van der Waals surface area contributed by atoms with Crippen molar-refractivity contribution in [3.8, 4) is 0 Å². The second-order valence-electron chi connectivity index (χ2n) is 4.56. The van der Waals surface area contributed by atoms with Gasteiger partial charge in [0, 0.05) is 12.7 Å². The minimum Gasteiger partial charge on any atom is -0.319 e. The van der Waals surface area contributed by atoms with Crippen LogP contribution in [0.3, 0.4) is 0 Å². The van der Waals surface area contributed by atoms with Gasteiger partial charge in [0.1, 0.15) is 0 Å². The number of halogens is 1. The molecule has 1 unspecified atom stereocenters. The first-order valence-corrected chi connectivity index (χ1v) is 6.77. The summed E-state index contributed by atoms with van der Waals surface area (Å²) < 4.78 is 2.84. The molecule has 0 fully saturated rings. The molecule has 6 nitrogen and oxygen atoms in total. The van der Waals surface area contributed by atoms with E-state index in [4.69, 9.17) is 5.73 Å². The van der Waals surface area contributed by atoms with Crippen LogP contribution in [0, 0.1) is 0 Å². The van der Waals surface area contributed by atoms with Gasteiger partial charge in [0.15, 0.2) is 0 Å². The first-order chi connectivity index (χ1) is 9.09. The number of nitrogens with two attached hydrogens (primary N) is 1. The molecule has 0 amide bonds. The van der Waals surface area contributed by atoms with E-state index >= 15 is 0 Å². The lowest BCUT2D eigenvalue weighted by Gasteiger charge is -2.16. The molecule has 19 heavy (non-hydrogen) atoms. The average molecular weight is 325 g/mol. The standard InChI is InChI=1S/C12H17BrN6/c1-18(2)5-6-19-12(10(13)8-17-19)11(14)9-3-4-15-16-7-9/h3-4,7-8,11H,5-6,14H2,1-2H3. The fourth-order valence-corrected chi connectivity index (χ4v) is 2.34. The third-order valence-corrected chi connectivity index (χ3v) is 3.46. The molecule has 0 aromatic carbocycles. The highest BCUT2D eigenvalue weighted by atomic mass is 79.9. The molecule has 0 saturated carbocycles. The third kappa shape index (κ3) is 3.37. The SMILES string of the molecule is CN(C)CCn1ncc(Br)c1C(N)c1ccnnc1. The van der Waals surface area contributed by atoms with Crippen LogP contribution >= 0.6 is 15.9 Å². The minimum absolute atomic E-state index is 0.269. The zero-order valence-electron chi connectivity index (χ0n) is 11.0. The van der Waals surface area contributed by atoms with Crippen molar-refractivity contribution in [2.45, 2.75) is 12.6 Å². The summed E-state index contributed by atoms with van der Waals surface area (Å²) in [5.41, 5.74) is 8.17. The van der Waals surface area contributed by atoms with Gasteiger partial charge in [0.2, 0.25) is 0 Å². The molecule has 2 rings (SSSR count). The molecule has 0 aliphatic carbocycles.